The lowest BCUT2D eigenvalue weighted by atomic mass is 10.0. The minimum Gasteiger partial charge on any atom is -0.462 e. The molecule has 0 aromatic carbocycles. The van der Waals surface area contributed by atoms with Gasteiger partial charge in [-0.05, 0) is 44.9 Å². The Bertz CT molecular complexity index is 1300. The highest BCUT2D eigenvalue weighted by Gasteiger charge is 2.20. The standard InChI is InChI=1S/C77H148O6/c1-4-7-10-13-16-19-21-23-25-27-29-31-33-35-36-37-38-39-40-41-43-44-46-48-50-52-54-56-58-61-64-67-70-76(79)82-73-74(72-81-75(78)69-66-63-60-18-15-12-9-6-3)83-77(80)71-68-65-62-59-57-55-53-51-49-47-45-42-34-32-30-28-26-24-22-20-17-14-11-8-5-2/h28,30,74H,4-27,29,31-73H2,1-3H3/b30-28-. The minimum atomic E-state index is -0.765. The second kappa shape index (κ2) is 72.6. The highest BCUT2D eigenvalue weighted by atomic mass is 16.6. The zero-order valence-electron chi connectivity index (χ0n) is 56.8. The zero-order chi connectivity index (χ0) is 59.9. The van der Waals surface area contributed by atoms with Crippen LogP contribution in [-0.4, -0.2) is 37.2 Å². The SMILES string of the molecule is CCCCCCCCCC/C=C\CCCCCCCCCCCCCCCC(=O)OC(COC(=O)CCCCCCCCCC)COC(=O)CCCCCCCCCCCCCCCCCCCCCCCCCCCCCCCCCC. The summed E-state index contributed by atoms with van der Waals surface area (Å²) in [5.74, 6) is -0.833. The van der Waals surface area contributed by atoms with Gasteiger partial charge in [-0.3, -0.25) is 14.4 Å². The first-order valence-electron chi connectivity index (χ1n) is 38.2. The quantitative estimate of drug-likeness (QED) is 0.0261. The Kier molecular flexibility index (Phi) is 71.0. The van der Waals surface area contributed by atoms with Gasteiger partial charge in [0.05, 0.1) is 0 Å². The summed E-state index contributed by atoms with van der Waals surface area (Å²) in [4.78, 5) is 38.3. The molecule has 0 heterocycles. The molecule has 6 heteroatoms. The van der Waals surface area contributed by atoms with Crippen molar-refractivity contribution in [1.29, 1.82) is 0 Å². The Morgan fingerprint density at radius 1 is 0.229 bits per heavy atom. The van der Waals surface area contributed by atoms with Crippen molar-refractivity contribution < 1.29 is 28.6 Å². The molecule has 1 atom stereocenters. The Morgan fingerprint density at radius 2 is 0.398 bits per heavy atom. The van der Waals surface area contributed by atoms with Crippen LogP contribution in [0.2, 0.25) is 0 Å². The van der Waals surface area contributed by atoms with Crippen molar-refractivity contribution in [3.05, 3.63) is 12.2 Å². The summed E-state index contributed by atoms with van der Waals surface area (Å²) in [6.07, 6.45) is 88.7. The van der Waals surface area contributed by atoms with Gasteiger partial charge in [-0.2, -0.15) is 0 Å². The Balaban J connectivity index is 3.98. The molecule has 0 spiro atoms. The molecule has 0 radical (unpaired) electrons. The smallest absolute Gasteiger partial charge is 0.306 e. The number of rotatable bonds is 72. The van der Waals surface area contributed by atoms with E-state index < -0.39 is 6.10 Å². The van der Waals surface area contributed by atoms with Crippen LogP contribution in [0.3, 0.4) is 0 Å². The van der Waals surface area contributed by atoms with E-state index in [4.69, 9.17) is 14.2 Å². The Hall–Kier alpha value is -1.85. The van der Waals surface area contributed by atoms with Gasteiger partial charge in [-0.1, -0.05) is 392 Å². The average molecular weight is 1170 g/mol. The van der Waals surface area contributed by atoms with Crippen molar-refractivity contribution >= 4 is 17.9 Å². The fraction of sp³-hybridized carbons (Fsp3) is 0.935. The maximum absolute atomic E-state index is 12.9. The van der Waals surface area contributed by atoms with Crippen molar-refractivity contribution in [3.8, 4) is 0 Å². The molecule has 0 fully saturated rings. The van der Waals surface area contributed by atoms with Crippen LogP contribution in [0.4, 0.5) is 0 Å². The van der Waals surface area contributed by atoms with Crippen LogP contribution in [0.15, 0.2) is 12.2 Å². The lowest BCUT2D eigenvalue weighted by Crippen LogP contribution is -2.30. The van der Waals surface area contributed by atoms with Gasteiger partial charge in [0.25, 0.3) is 0 Å². The van der Waals surface area contributed by atoms with E-state index in [1.807, 2.05) is 0 Å². The molecular formula is C77H148O6. The summed E-state index contributed by atoms with van der Waals surface area (Å²) >= 11 is 0. The number of unbranched alkanes of at least 4 members (excludes halogenated alkanes) is 59. The molecule has 1 unspecified atom stereocenters. The number of carbonyl (C=O) groups is 3. The van der Waals surface area contributed by atoms with E-state index in [0.29, 0.717) is 19.3 Å². The monoisotopic (exact) mass is 1170 g/mol. The molecule has 492 valence electrons. The summed E-state index contributed by atoms with van der Waals surface area (Å²) in [7, 11) is 0. The number of esters is 3. The molecule has 6 nitrogen and oxygen atoms in total. The van der Waals surface area contributed by atoms with Gasteiger partial charge in [0.1, 0.15) is 13.2 Å². The predicted octanol–water partition coefficient (Wildman–Crippen LogP) is 26.3. The third kappa shape index (κ3) is 70.8. The van der Waals surface area contributed by atoms with Gasteiger partial charge < -0.3 is 14.2 Å². The molecule has 0 aromatic rings. The van der Waals surface area contributed by atoms with Crippen molar-refractivity contribution in [3.63, 3.8) is 0 Å². The van der Waals surface area contributed by atoms with E-state index in [-0.39, 0.29) is 31.1 Å². The third-order valence-corrected chi connectivity index (χ3v) is 17.8. The summed E-state index contributed by atoms with van der Waals surface area (Å²) in [5, 5.41) is 0. The van der Waals surface area contributed by atoms with Gasteiger partial charge in [0.15, 0.2) is 6.10 Å². The topological polar surface area (TPSA) is 78.9 Å². The van der Waals surface area contributed by atoms with Gasteiger partial charge >= 0.3 is 17.9 Å². The predicted molar refractivity (Wildman–Crippen MR) is 363 cm³/mol. The molecule has 0 N–H and O–H groups in total. The molecule has 83 heavy (non-hydrogen) atoms. The Morgan fingerprint density at radius 3 is 0.602 bits per heavy atom. The van der Waals surface area contributed by atoms with E-state index in [1.54, 1.807) is 0 Å². The molecule has 0 saturated carbocycles. The molecule has 0 aliphatic carbocycles. The molecule has 0 aliphatic rings. The van der Waals surface area contributed by atoms with E-state index in [9.17, 15) is 14.4 Å². The molecule has 0 rings (SSSR count). The van der Waals surface area contributed by atoms with E-state index >= 15 is 0 Å². The summed E-state index contributed by atoms with van der Waals surface area (Å²) in [5.41, 5.74) is 0. The van der Waals surface area contributed by atoms with Gasteiger partial charge in [-0.25, -0.2) is 0 Å². The largest absolute Gasteiger partial charge is 0.462 e. The van der Waals surface area contributed by atoms with Crippen LogP contribution in [0.25, 0.3) is 0 Å². The molecule has 0 aromatic heterocycles. The molecular weight excluding hydrogens is 1020 g/mol. The van der Waals surface area contributed by atoms with Crippen LogP contribution in [-0.2, 0) is 28.6 Å². The Labute approximate surface area is 520 Å². The number of hydrogen-bond donors (Lipinski definition) is 0. The number of allylic oxidation sites excluding steroid dienone is 2. The van der Waals surface area contributed by atoms with E-state index in [2.05, 4.69) is 32.9 Å². The van der Waals surface area contributed by atoms with Crippen LogP contribution in [0.5, 0.6) is 0 Å². The molecule has 0 amide bonds. The third-order valence-electron chi connectivity index (χ3n) is 17.8. The normalized spacial score (nSPS) is 12.0. The molecule has 0 bridgehead atoms. The van der Waals surface area contributed by atoms with Crippen LogP contribution in [0, 0.1) is 0 Å². The fourth-order valence-corrected chi connectivity index (χ4v) is 12.0. The summed E-state index contributed by atoms with van der Waals surface area (Å²) in [6, 6.07) is 0. The van der Waals surface area contributed by atoms with Crippen LogP contribution >= 0.6 is 0 Å². The highest BCUT2D eigenvalue weighted by molar-refractivity contribution is 5.71. The summed E-state index contributed by atoms with van der Waals surface area (Å²) in [6.45, 7) is 6.70. The number of carbonyl (C=O) groups excluding carboxylic acids is 3. The lowest BCUT2D eigenvalue weighted by molar-refractivity contribution is -0.167. The molecule has 0 aliphatic heterocycles. The van der Waals surface area contributed by atoms with Crippen molar-refractivity contribution in [2.24, 2.45) is 0 Å². The average Bonchev–Trinajstić information content (AvgIpc) is 3.49. The van der Waals surface area contributed by atoms with Gasteiger partial charge in [-0.15, -0.1) is 0 Å². The lowest BCUT2D eigenvalue weighted by Gasteiger charge is -2.18. The van der Waals surface area contributed by atoms with E-state index in [0.717, 1.165) is 57.8 Å². The van der Waals surface area contributed by atoms with Crippen molar-refractivity contribution in [1.82, 2.24) is 0 Å². The van der Waals surface area contributed by atoms with Crippen molar-refractivity contribution in [2.45, 2.75) is 451 Å². The van der Waals surface area contributed by atoms with Crippen molar-refractivity contribution in [2.75, 3.05) is 13.2 Å². The molecule has 0 saturated heterocycles. The van der Waals surface area contributed by atoms with E-state index in [1.165, 1.54) is 347 Å². The van der Waals surface area contributed by atoms with Gasteiger partial charge in [0.2, 0.25) is 0 Å². The maximum Gasteiger partial charge on any atom is 0.306 e. The second-order valence-corrected chi connectivity index (χ2v) is 26.3. The first-order chi connectivity index (χ1) is 41.0. The van der Waals surface area contributed by atoms with Gasteiger partial charge in [0, 0.05) is 19.3 Å². The highest BCUT2D eigenvalue weighted by Crippen LogP contribution is 2.20. The second-order valence-electron chi connectivity index (χ2n) is 26.3. The fourth-order valence-electron chi connectivity index (χ4n) is 12.0. The van der Waals surface area contributed by atoms with Crippen LogP contribution in [0.1, 0.15) is 445 Å². The maximum atomic E-state index is 12.9. The summed E-state index contributed by atoms with van der Waals surface area (Å²) < 4.78 is 17.0. The zero-order valence-corrected chi connectivity index (χ0v) is 56.8. The first-order valence-corrected chi connectivity index (χ1v) is 38.2. The number of ether oxygens (including phenoxy) is 3. The van der Waals surface area contributed by atoms with Crippen LogP contribution < -0.4 is 0 Å². The minimum absolute atomic E-state index is 0.0632. The number of hydrogen-bond acceptors (Lipinski definition) is 6. The first kappa shape index (κ1) is 81.2.